The zero-order valence-electron chi connectivity index (χ0n) is 41.6. The summed E-state index contributed by atoms with van der Waals surface area (Å²) in [6.45, 7) is -1.80. The molecule has 4 heterocycles. The monoisotopic (exact) mass is 1080 g/mol. The fourth-order valence-corrected chi connectivity index (χ4v) is 9.32. The molecule has 4 fully saturated rings. The van der Waals surface area contributed by atoms with Gasteiger partial charge in [-0.15, -0.1) is 0 Å². The van der Waals surface area contributed by atoms with Gasteiger partial charge in [0.2, 0.25) is 58.8 Å². The van der Waals surface area contributed by atoms with E-state index >= 15 is 0 Å². The van der Waals surface area contributed by atoms with Crippen LogP contribution < -0.4 is 53.5 Å². The smallest absolute Gasteiger partial charge is 0.245 e. The van der Waals surface area contributed by atoms with Gasteiger partial charge in [-0.25, -0.2) is 20.5 Å². The number of likely N-dealkylation sites (tertiary alicyclic amines) is 1. The van der Waals surface area contributed by atoms with Crippen molar-refractivity contribution in [3.63, 3.8) is 0 Å². The number of carbonyl (C=O) groups excluding carboxylic acids is 13. The Hall–Kier alpha value is -5.90. The van der Waals surface area contributed by atoms with Crippen molar-refractivity contribution in [1.82, 2.24) is 62.0 Å². The van der Waals surface area contributed by atoms with Crippen LogP contribution in [0.25, 0.3) is 0 Å². The second-order valence-electron chi connectivity index (χ2n) is 18.5. The van der Waals surface area contributed by atoms with Crippen molar-refractivity contribution in [3.05, 3.63) is 0 Å². The number of nitrogens with two attached hydrogens (primary N) is 2. The van der Waals surface area contributed by atoms with E-state index in [1.165, 1.54) is 16.8 Å². The molecule has 4 aliphatic heterocycles. The van der Waals surface area contributed by atoms with E-state index in [0.717, 1.165) is 0 Å². The fraction of sp³-hybridized carbons (Fsp3) is 0.705. The van der Waals surface area contributed by atoms with Crippen LogP contribution in [0.4, 0.5) is 0 Å². The molecular formula is C44H70N14O16S. The highest BCUT2D eigenvalue weighted by Crippen LogP contribution is 2.31. The van der Waals surface area contributed by atoms with Crippen LogP contribution in [0.5, 0.6) is 0 Å². The number of thiol groups is 1. The molecule has 30 nitrogen and oxygen atoms in total. The summed E-state index contributed by atoms with van der Waals surface area (Å²) in [6, 6.07) is -10.0. The van der Waals surface area contributed by atoms with Crippen molar-refractivity contribution in [1.29, 1.82) is 0 Å². The maximum Gasteiger partial charge on any atom is 0.245 e. The van der Waals surface area contributed by atoms with E-state index in [1.807, 2.05) is 10.0 Å². The highest BCUT2D eigenvalue weighted by Gasteiger charge is 2.46. The van der Waals surface area contributed by atoms with Crippen molar-refractivity contribution in [2.75, 3.05) is 72.2 Å². The minimum atomic E-state index is -1.63. The molecular weight excluding hydrogens is 1010 g/mol. The van der Waals surface area contributed by atoms with E-state index in [9.17, 15) is 77.6 Å². The molecule has 0 saturated carbocycles. The molecule has 418 valence electrons. The number of amides is 8. The normalized spacial score (nSPS) is 22.0. The Labute approximate surface area is 436 Å². The third-order valence-electron chi connectivity index (χ3n) is 13.2. The van der Waals surface area contributed by atoms with Crippen molar-refractivity contribution in [3.8, 4) is 0 Å². The van der Waals surface area contributed by atoms with Gasteiger partial charge in [-0.1, -0.05) is 12.8 Å². The average molecular weight is 1080 g/mol. The zero-order valence-corrected chi connectivity index (χ0v) is 42.5. The largest absolute Gasteiger partial charge is 0.394 e. The highest BCUT2D eigenvalue weighted by molar-refractivity contribution is 7.78. The van der Waals surface area contributed by atoms with Gasteiger partial charge in [0.05, 0.1) is 77.0 Å². The minimum Gasteiger partial charge on any atom is -0.394 e. The zero-order chi connectivity index (χ0) is 55.5. The highest BCUT2D eigenvalue weighted by atomic mass is 32.1. The first-order valence-corrected chi connectivity index (χ1v) is 25.1. The van der Waals surface area contributed by atoms with Crippen LogP contribution in [0.2, 0.25) is 0 Å². The van der Waals surface area contributed by atoms with Gasteiger partial charge >= 0.3 is 0 Å². The molecule has 31 heteroatoms. The van der Waals surface area contributed by atoms with Gasteiger partial charge in [-0.2, -0.15) is 0 Å². The average Bonchev–Trinajstić information content (AvgIpc) is 4.24. The van der Waals surface area contributed by atoms with Gasteiger partial charge in [0, 0.05) is 26.2 Å². The molecule has 0 aromatic heterocycles. The number of rotatable bonds is 32. The van der Waals surface area contributed by atoms with E-state index in [2.05, 4.69) is 54.9 Å². The fourth-order valence-electron chi connectivity index (χ4n) is 9.11. The van der Waals surface area contributed by atoms with Crippen LogP contribution in [0.3, 0.4) is 0 Å². The van der Waals surface area contributed by atoms with Gasteiger partial charge in [-0.05, 0) is 58.3 Å². The molecule has 9 atom stereocenters. The molecule has 15 N–H and O–H groups in total. The first-order valence-electron chi connectivity index (χ1n) is 24.6. The summed E-state index contributed by atoms with van der Waals surface area (Å²) in [7, 11) is 0. The number of hydrogen-bond donors (Lipinski definition) is 14. The van der Waals surface area contributed by atoms with Crippen molar-refractivity contribution < 1.29 is 77.6 Å². The first-order chi connectivity index (χ1) is 35.6. The number of nitrogens with zero attached hydrogens (tertiary/aromatic N) is 4. The van der Waals surface area contributed by atoms with Crippen molar-refractivity contribution in [2.24, 2.45) is 11.5 Å². The first kappa shape index (κ1) is 61.6. The Balaban J connectivity index is 1.18. The second kappa shape index (κ2) is 30.0. The summed E-state index contributed by atoms with van der Waals surface area (Å²) < 4.78 is 2.20. The lowest BCUT2D eigenvalue weighted by atomic mass is 10.0. The standard InChI is InChI=1S/C44H70N14O16S/c1-23(33(63)15-34(64)29-6-4-12-57(29)58-13-5-9-32(58)44(74)55-10-2-7-30(55)42(72)51-26(20-59)39(46)69)47-16-24(62)17-49-40(70)27(21-60)52-41(71)28(22-61)53-43(73)31-8-3-11-56(31)50-19-37(67)48-18-35(65)38(68)25(54-75)14-36(45)66/h23,25-32,47,50,54,59-61,75H,2-22H2,1H3,(H2,45,66)(H2,46,69)(H,48,67)(H,49,70)(H,51,72)(H,52,71)(H,53,73)/t23-,25-,26-,27-,28-,29-,30-,31-,32-/m0/s1. The number of hydrazine groups is 2. The summed E-state index contributed by atoms with van der Waals surface area (Å²) in [5.41, 5.74) is 13.0. The molecule has 8 amide bonds. The van der Waals surface area contributed by atoms with Crippen LogP contribution >= 0.6 is 12.8 Å². The molecule has 0 radical (unpaired) electrons. The molecule has 4 aliphatic rings. The van der Waals surface area contributed by atoms with Gasteiger partial charge < -0.3 is 63.6 Å². The van der Waals surface area contributed by atoms with Gasteiger partial charge in [0.15, 0.2) is 17.3 Å². The number of aliphatic hydroxyl groups is 3. The quantitative estimate of drug-likeness (QED) is 0.0169. The number of nitrogens with one attached hydrogen (secondary N) is 8. The topological polar surface area (TPSA) is 444 Å². The predicted molar refractivity (Wildman–Crippen MR) is 261 cm³/mol. The van der Waals surface area contributed by atoms with Crippen LogP contribution in [0, 0.1) is 0 Å². The Bertz CT molecular complexity index is 2160. The molecule has 0 aromatic carbocycles. The van der Waals surface area contributed by atoms with Crippen LogP contribution in [0.15, 0.2) is 0 Å². The molecule has 0 unspecified atom stereocenters. The number of ketones is 5. The van der Waals surface area contributed by atoms with E-state index < -0.39 is 178 Å². The second-order valence-corrected chi connectivity index (χ2v) is 18.8. The SMILES string of the molecule is C[C@H](NCC(=O)CNC(=O)[C@H](CO)NC(=O)[C@H](CO)NC(=O)[C@@H]1CCCN1NCC(=O)NCC(=O)C(=O)[C@H](CC(N)=O)NS)C(=O)CC(=O)[C@@H]1CCCN1N1CCC[C@H]1C(=O)N1CCC[C@H]1C(=O)N[C@@H](CO)C(N)=O. The van der Waals surface area contributed by atoms with Crippen LogP contribution in [0.1, 0.15) is 71.1 Å². The third kappa shape index (κ3) is 17.6. The van der Waals surface area contributed by atoms with Crippen LogP contribution in [-0.4, -0.2) is 238 Å². The molecule has 75 heavy (non-hydrogen) atoms. The van der Waals surface area contributed by atoms with Gasteiger partial charge in [0.25, 0.3) is 0 Å². The van der Waals surface area contributed by atoms with Gasteiger partial charge in [-0.3, -0.25) is 67.1 Å². The maximum absolute atomic E-state index is 13.9. The summed E-state index contributed by atoms with van der Waals surface area (Å²) >= 11 is 3.70. The van der Waals surface area contributed by atoms with E-state index in [0.29, 0.717) is 64.6 Å². The van der Waals surface area contributed by atoms with Crippen molar-refractivity contribution in [2.45, 2.75) is 126 Å². The lowest BCUT2D eigenvalue weighted by Gasteiger charge is -2.38. The number of primary amides is 2. The lowest BCUT2D eigenvalue weighted by molar-refractivity contribution is -0.152. The third-order valence-corrected chi connectivity index (χ3v) is 13.6. The number of hydrogen-bond acceptors (Lipinski definition) is 23. The Kier molecular flexibility index (Phi) is 24.7. The maximum atomic E-state index is 13.9. The van der Waals surface area contributed by atoms with Gasteiger partial charge in [0.1, 0.15) is 36.3 Å². The minimum absolute atomic E-state index is 0.257. The van der Waals surface area contributed by atoms with E-state index in [-0.39, 0.29) is 24.7 Å². The Morgan fingerprint density at radius 1 is 0.613 bits per heavy atom. The number of aliphatic hydroxyl groups excluding tert-OH is 3. The van der Waals surface area contributed by atoms with Crippen LogP contribution in [-0.2, 0) is 62.3 Å². The Morgan fingerprint density at radius 2 is 1.17 bits per heavy atom. The number of carbonyl (C=O) groups is 13. The molecule has 4 rings (SSSR count). The molecule has 0 aromatic rings. The summed E-state index contributed by atoms with van der Waals surface area (Å²) in [6.07, 6.45) is 2.77. The lowest BCUT2D eigenvalue weighted by Crippen LogP contribution is -2.59. The van der Waals surface area contributed by atoms with E-state index in [4.69, 9.17) is 11.5 Å². The van der Waals surface area contributed by atoms with Crippen molar-refractivity contribution >= 4 is 89.0 Å². The molecule has 4 saturated heterocycles. The predicted octanol–water partition coefficient (Wildman–Crippen LogP) is -9.17. The molecule has 0 spiro atoms. The Morgan fingerprint density at radius 3 is 1.80 bits per heavy atom. The summed E-state index contributed by atoms with van der Waals surface area (Å²) in [5.74, 6) is -9.81. The summed E-state index contributed by atoms with van der Waals surface area (Å²) in [4.78, 5) is 167. The molecule has 0 aliphatic carbocycles. The number of Topliss-reactive ketones (excluding diaryl/α,β-unsaturated/α-hetero) is 5. The van der Waals surface area contributed by atoms with E-state index in [1.54, 1.807) is 0 Å². The molecule has 0 bridgehead atoms. The summed E-state index contributed by atoms with van der Waals surface area (Å²) in [5, 5.41) is 48.5.